The van der Waals surface area contributed by atoms with E-state index in [0.717, 1.165) is 20.4 Å². The molecule has 150 valence electrons. The maximum absolute atomic E-state index is 12.7. The molecule has 0 aliphatic heterocycles. The highest BCUT2D eigenvalue weighted by Crippen LogP contribution is 2.33. The van der Waals surface area contributed by atoms with Gasteiger partial charge in [-0.1, -0.05) is 65.8 Å². The fraction of sp³-hybridized carbons (Fsp3) is 0.0952. The zero-order valence-corrected chi connectivity index (χ0v) is 18.0. The third-order valence-corrected chi connectivity index (χ3v) is 6.47. The van der Waals surface area contributed by atoms with E-state index < -0.39 is 15.9 Å². The van der Waals surface area contributed by atoms with Gasteiger partial charge in [-0.2, -0.15) is 0 Å². The van der Waals surface area contributed by atoms with Crippen LogP contribution in [0.2, 0.25) is 5.02 Å². The quantitative estimate of drug-likeness (QED) is 0.560. The summed E-state index contributed by atoms with van der Waals surface area (Å²) in [4.78, 5) is 14.6. The Kier molecular flexibility index (Phi) is 6.84. The molecule has 5 nitrogen and oxygen atoms in total. The summed E-state index contributed by atoms with van der Waals surface area (Å²) in [5.74, 6) is -0.462. The number of nitrogens with one attached hydrogen (secondary N) is 1. The van der Waals surface area contributed by atoms with Gasteiger partial charge < -0.3 is 5.32 Å². The lowest BCUT2D eigenvalue weighted by Crippen LogP contribution is -2.37. The molecule has 0 spiro atoms. The number of para-hydroxylation sites is 2. The molecule has 3 aromatic carbocycles. The van der Waals surface area contributed by atoms with Crippen LogP contribution in [-0.4, -0.2) is 27.1 Å². The number of benzene rings is 3. The van der Waals surface area contributed by atoms with Crippen molar-refractivity contribution in [3.63, 3.8) is 0 Å². The van der Waals surface area contributed by atoms with Crippen LogP contribution in [0.25, 0.3) is 0 Å². The molecule has 0 radical (unpaired) electrons. The summed E-state index contributed by atoms with van der Waals surface area (Å²) in [6.07, 6.45) is 1.04. The summed E-state index contributed by atoms with van der Waals surface area (Å²) in [5, 5.41) is 3.07. The Balaban J connectivity index is 1.80. The van der Waals surface area contributed by atoms with Gasteiger partial charge >= 0.3 is 0 Å². The molecule has 0 atom stereocenters. The third-order valence-electron chi connectivity index (χ3n) is 3.94. The van der Waals surface area contributed by atoms with Gasteiger partial charge in [0.1, 0.15) is 6.54 Å². The standard InChI is InChI=1S/C21H19ClN2O3S2/c1-29(26,27)24(19-13-7-5-11-17(19)22)15-21(25)23-18-12-6-8-14-20(18)28-16-9-3-2-4-10-16/h2-14H,15H2,1H3,(H,23,25). The summed E-state index contributed by atoms with van der Waals surface area (Å²) in [6.45, 7) is -0.382. The molecule has 29 heavy (non-hydrogen) atoms. The molecule has 0 saturated carbocycles. The molecule has 0 heterocycles. The molecular formula is C21H19ClN2O3S2. The Hall–Kier alpha value is -2.48. The van der Waals surface area contributed by atoms with Crippen LogP contribution < -0.4 is 9.62 Å². The number of hydrogen-bond acceptors (Lipinski definition) is 4. The van der Waals surface area contributed by atoms with E-state index in [1.165, 1.54) is 11.8 Å². The average molecular weight is 447 g/mol. The molecule has 0 aliphatic carbocycles. The van der Waals surface area contributed by atoms with Crippen molar-refractivity contribution >= 4 is 50.7 Å². The lowest BCUT2D eigenvalue weighted by atomic mass is 10.3. The fourth-order valence-corrected chi connectivity index (χ4v) is 4.71. The molecule has 1 amide bonds. The number of nitrogens with zero attached hydrogens (tertiary/aromatic N) is 1. The van der Waals surface area contributed by atoms with Crippen LogP contribution in [0.5, 0.6) is 0 Å². The van der Waals surface area contributed by atoms with E-state index in [1.54, 1.807) is 30.3 Å². The fourth-order valence-electron chi connectivity index (χ4n) is 2.63. The molecule has 1 N–H and O–H groups in total. The number of amides is 1. The molecule has 0 bridgehead atoms. The number of sulfonamides is 1. The van der Waals surface area contributed by atoms with Gasteiger partial charge in [0.15, 0.2) is 0 Å². The van der Waals surface area contributed by atoms with Gasteiger partial charge in [-0.05, 0) is 36.4 Å². The highest BCUT2D eigenvalue weighted by molar-refractivity contribution is 7.99. The Morgan fingerprint density at radius 1 is 0.966 bits per heavy atom. The molecule has 3 aromatic rings. The van der Waals surface area contributed by atoms with Gasteiger partial charge in [-0.15, -0.1) is 0 Å². The van der Waals surface area contributed by atoms with Gasteiger partial charge in [0.25, 0.3) is 0 Å². The lowest BCUT2D eigenvalue weighted by Gasteiger charge is -2.23. The van der Waals surface area contributed by atoms with E-state index in [0.29, 0.717) is 5.69 Å². The van der Waals surface area contributed by atoms with Crippen molar-refractivity contribution in [2.24, 2.45) is 0 Å². The smallest absolute Gasteiger partial charge is 0.245 e. The number of rotatable bonds is 7. The van der Waals surface area contributed by atoms with Crippen LogP contribution in [0.3, 0.4) is 0 Å². The maximum atomic E-state index is 12.7. The average Bonchev–Trinajstić information content (AvgIpc) is 2.68. The van der Waals surface area contributed by atoms with Crippen molar-refractivity contribution < 1.29 is 13.2 Å². The Morgan fingerprint density at radius 3 is 2.28 bits per heavy atom. The van der Waals surface area contributed by atoms with Crippen molar-refractivity contribution in [3.05, 3.63) is 83.9 Å². The van der Waals surface area contributed by atoms with Gasteiger partial charge in [-0.3, -0.25) is 9.10 Å². The second kappa shape index (κ2) is 9.35. The predicted molar refractivity (Wildman–Crippen MR) is 119 cm³/mol. The number of hydrogen-bond donors (Lipinski definition) is 1. The number of carbonyl (C=O) groups excluding carboxylic acids is 1. The van der Waals surface area contributed by atoms with E-state index in [1.807, 2.05) is 48.5 Å². The number of carbonyl (C=O) groups is 1. The van der Waals surface area contributed by atoms with E-state index in [4.69, 9.17) is 11.6 Å². The first kappa shape index (κ1) is 21.2. The molecule has 0 fully saturated rings. The van der Waals surface area contributed by atoms with Crippen LogP contribution in [-0.2, 0) is 14.8 Å². The normalized spacial score (nSPS) is 11.1. The zero-order chi connectivity index (χ0) is 20.9. The largest absolute Gasteiger partial charge is 0.323 e. The van der Waals surface area contributed by atoms with Crippen LogP contribution in [0.1, 0.15) is 0 Å². The zero-order valence-electron chi connectivity index (χ0n) is 15.6. The minimum atomic E-state index is -3.70. The Labute approximate surface area is 179 Å². The minimum Gasteiger partial charge on any atom is -0.323 e. The SMILES string of the molecule is CS(=O)(=O)N(CC(=O)Nc1ccccc1Sc1ccccc1)c1ccccc1Cl. The summed E-state index contributed by atoms with van der Waals surface area (Å²) in [5.41, 5.74) is 0.873. The second-order valence-corrected chi connectivity index (χ2v) is 9.61. The molecule has 0 unspecified atom stereocenters. The highest BCUT2D eigenvalue weighted by atomic mass is 35.5. The van der Waals surface area contributed by atoms with E-state index in [-0.39, 0.29) is 17.3 Å². The third kappa shape index (κ3) is 5.76. The van der Waals surface area contributed by atoms with Crippen LogP contribution in [0.4, 0.5) is 11.4 Å². The van der Waals surface area contributed by atoms with E-state index in [2.05, 4.69) is 5.32 Å². The minimum absolute atomic E-state index is 0.255. The van der Waals surface area contributed by atoms with Gasteiger partial charge in [0, 0.05) is 9.79 Å². The monoisotopic (exact) mass is 446 g/mol. The molecule has 0 aromatic heterocycles. The van der Waals surface area contributed by atoms with Crippen molar-refractivity contribution in [2.45, 2.75) is 9.79 Å². The molecule has 0 aliphatic rings. The first-order valence-corrected chi connectivity index (χ1v) is 11.7. The second-order valence-electron chi connectivity index (χ2n) is 6.18. The first-order chi connectivity index (χ1) is 13.8. The van der Waals surface area contributed by atoms with E-state index >= 15 is 0 Å². The lowest BCUT2D eigenvalue weighted by molar-refractivity contribution is -0.114. The van der Waals surface area contributed by atoms with Crippen molar-refractivity contribution in [1.82, 2.24) is 0 Å². The topological polar surface area (TPSA) is 66.5 Å². The maximum Gasteiger partial charge on any atom is 0.245 e. The van der Waals surface area contributed by atoms with Gasteiger partial charge in [-0.25, -0.2) is 8.42 Å². The molecule has 8 heteroatoms. The van der Waals surface area contributed by atoms with Crippen LogP contribution >= 0.6 is 23.4 Å². The first-order valence-electron chi connectivity index (χ1n) is 8.68. The van der Waals surface area contributed by atoms with E-state index in [9.17, 15) is 13.2 Å². The highest BCUT2D eigenvalue weighted by Gasteiger charge is 2.23. The van der Waals surface area contributed by atoms with Crippen molar-refractivity contribution in [1.29, 1.82) is 0 Å². The predicted octanol–water partition coefficient (Wildman–Crippen LogP) is 4.90. The van der Waals surface area contributed by atoms with Gasteiger partial charge in [0.05, 0.1) is 22.7 Å². The molecule has 0 saturated heterocycles. The number of halogens is 1. The van der Waals surface area contributed by atoms with Crippen LogP contribution in [0.15, 0.2) is 88.7 Å². The Morgan fingerprint density at radius 2 is 1.59 bits per heavy atom. The molecular weight excluding hydrogens is 428 g/mol. The number of anilines is 2. The Bertz CT molecular complexity index is 1110. The summed E-state index contributed by atoms with van der Waals surface area (Å²) in [6, 6.07) is 23.7. The molecule has 3 rings (SSSR count). The van der Waals surface area contributed by atoms with Gasteiger partial charge in [0.2, 0.25) is 15.9 Å². The summed E-state index contributed by atoms with van der Waals surface area (Å²) >= 11 is 7.65. The van der Waals surface area contributed by atoms with Crippen molar-refractivity contribution in [3.8, 4) is 0 Å². The summed E-state index contributed by atoms with van der Waals surface area (Å²) < 4.78 is 25.5. The van der Waals surface area contributed by atoms with Crippen LogP contribution in [0, 0.1) is 0 Å². The van der Waals surface area contributed by atoms with Crippen molar-refractivity contribution in [2.75, 3.05) is 22.4 Å². The summed E-state index contributed by atoms with van der Waals surface area (Å²) in [7, 11) is -3.70.